The van der Waals surface area contributed by atoms with Crippen LogP contribution < -0.4 is 10.1 Å². The van der Waals surface area contributed by atoms with Crippen LogP contribution in [0.15, 0.2) is 24.3 Å². The molecule has 0 aliphatic carbocycles. The van der Waals surface area contributed by atoms with Crippen molar-refractivity contribution in [2.75, 3.05) is 25.0 Å². The maximum Gasteiger partial charge on any atom is 0.321 e. The highest BCUT2D eigenvalue weighted by Crippen LogP contribution is 2.24. The number of anilines is 1. The maximum atomic E-state index is 12.2. The van der Waals surface area contributed by atoms with Gasteiger partial charge in [0.1, 0.15) is 5.75 Å². The van der Waals surface area contributed by atoms with Gasteiger partial charge in [0.25, 0.3) is 0 Å². The summed E-state index contributed by atoms with van der Waals surface area (Å²) in [4.78, 5) is 24.8. The van der Waals surface area contributed by atoms with Crippen LogP contribution in [0, 0.1) is 11.8 Å². The van der Waals surface area contributed by atoms with Crippen molar-refractivity contribution in [1.82, 2.24) is 4.90 Å². The third-order valence-corrected chi connectivity index (χ3v) is 3.61. The van der Waals surface area contributed by atoms with E-state index >= 15 is 0 Å². The molecular formula is C15H20N2O4. The van der Waals surface area contributed by atoms with E-state index in [4.69, 9.17) is 9.84 Å². The average molecular weight is 292 g/mol. The number of carbonyl (C=O) groups excluding carboxylic acids is 1. The molecule has 1 saturated heterocycles. The number of amides is 2. The summed E-state index contributed by atoms with van der Waals surface area (Å²) < 4.78 is 5.38. The molecule has 0 spiro atoms. The SMILES string of the molecule is CCOc1cccc(NC(=O)N2C[C@@H](C)[C@H](C(=O)O)C2)c1. The molecule has 1 aliphatic rings. The molecule has 1 aliphatic heterocycles. The van der Waals surface area contributed by atoms with Crippen molar-refractivity contribution in [2.45, 2.75) is 13.8 Å². The van der Waals surface area contributed by atoms with Gasteiger partial charge in [0.05, 0.1) is 12.5 Å². The number of nitrogens with one attached hydrogen (secondary N) is 1. The molecule has 6 nitrogen and oxygen atoms in total. The number of urea groups is 1. The Morgan fingerprint density at radius 1 is 1.43 bits per heavy atom. The number of carboxylic acid groups (broad SMARTS) is 1. The molecule has 114 valence electrons. The number of hydrogen-bond donors (Lipinski definition) is 2. The second-order valence-corrected chi connectivity index (χ2v) is 5.22. The van der Waals surface area contributed by atoms with Crippen molar-refractivity contribution in [3.63, 3.8) is 0 Å². The maximum absolute atomic E-state index is 12.2. The lowest BCUT2D eigenvalue weighted by Gasteiger charge is -2.17. The lowest BCUT2D eigenvalue weighted by Crippen LogP contribution is -2.33. The van der Waals surface area contributed by atoms with Crippen LogP contribution in [0.3, 0.4) is 0 Å². The van der Waals surface area contributed by atoms with Gasteiger partial charge < -0.3 is 20.1 Å². The number of nitrogens with zero attached hydrogens (tertiary/aromatic N) is 1. The van der Waals surface area contributed by atoms with Gasteiger partial charge in [0.2, 0.25) is 0 Å². The second-order valence-electron chi connectivity index (χ2n) is 5.22. The van der Waals surface area contributed by atoms with E-state index in [-0.39, 0.29) is 18.5 Å². The quantitative estimate of drug-likeness (QED) is 0.892. The predicted octanol–water partition coefficient (Wildman–Crippen LogP) is 2.27. The molecule has 2 atom stereocenters. The molecule has 0 bridgehead atoms. The van der Waals surface area contributed by atoms with E-state index in [0.29, 0.717) is 24.6 Å². The summed E-state index contributed by atoms with van der Waals surface area (Å²) >= 11 is 0. The molecule has 0 unspecified atom stereocenters. The summed E-state index contributed by atoms with van der Waals surface area (Å²) in [5.41, 5.74) is 0.636. The third-order valence-electron chi connectivity index (χ3n) is 3.61. The van der Waals surface area contributed by atoms with Gasteiger partial charge in [-0.05, 0) is 25.0 Å². The lowest BCUT2D eigenvalue weighted by atomic mass is 9.99. The molecule has 2 amide bonds. The first-order valence-electron chi connectivity index (χ1n) is 7.03. The van der Waals surface area contributed by atoms with Crippen molar-refractivity contribution in [3.8, 4) is 5.75 Å². The smallest absolute Gasteiger partial charge is 0.321 e. The number of benzene rings is 1. The number of rotatable bonds is 4. The van der Waals surface area contributed by atoms with Crippen LogP contribution in [0.2, 0.25) is 0 Å². The number of aliphatic carboxylic acids is 1. The molecule has 6 heteroatoms. The van der Waals surface area contributed by atoms with Crippen LogP contribution in [-0.2, 0) is 4.79 Å². The second kappa shape index (κ2) is 6.47. The molecule has 2 N–H and O–H groups in total. The van der Waals surface area contributed by atoms with Gasteiger partial charge in [-0.25, -0.2) is 4.79 Å². The van der Waals surface area contributed by atoms with E-state index in [0.717, 1.165) is 0 Å². The number of carboxylic acids is 1. The zero-order chi connectivity index (χ0) is 15.4. The zero-order valence-electron chi connectivity index (χ0n) is 12.2. The first-order chi connectivity index (χ1) is 10.0. The topological polar surface area (TPSA) is 78.9 Å². The van der Waals surface area contributed by atoms with Crippen molar-refractivity contribution in [2.24, 2.45) is 11.8 Å². The van der Waals surface area contributed by atoms with Crippen LogP contribution in [0.1, 0.15) is 13.8 Å². The van der Waals surface area contributed by atoms with Crippen molar-refractivity contribution >= 4 is 17.7 Å². The van der Waals surface area contributed by atoms with Crippen molar-refractivity contribution in [3.05, 3.63) is 24.3 Å². The van der Waals surface area contributed by atoms with Crippen LogP contribution >= 0.6 is 0 Å². The number of hydrogen-bond acceptors (Lipinski definition) is 3. The number of ether oxygens (including phenoxy) is 1. The molecule has 0 aromatic heterocycles. The first-order valence-corrected chi connectivity index (χ1v) is 7.03. The van der Waals surface area contributed by atoms with E-state index in [1.54, 1.807) is 18.2 Å². The molecule has 2 rings (SSSR count). The summed E-state index contributed by atoms with van der Waals surface area (Å²) in [5.74, 6) is -0.696. The summed E-state index contributed by atoms with van der Waals surface area (Å²) in [5, 5.41) is 11.9. The lowest BCUT2D eigenvalue weighted by molar-refractivity contribution is -0.142. The molecule has 21 heavy (non-hydrogen) atoms. The highest BCUT2D eigenvalue weighted by molar-refractivity contribution is 5.90. The Morgan fingerprint density at radius 2 is 2.19 bits per heavy atom. The fourth-order valence-corrected chi connectivity index (χ4v) is 2.49. The van der Waals surface area contributed by atoms with Crippen LogP contribution in [-0.4, -0.2) is 41.7 Å². The summed E-state index contributed by atoms with van der Waals surface area (Å²) in [6.45, 7) is 4.99. The van der Waals surface area contributed by atoms with E-state index in [2.05, 4.69) is 5.32 Å². The average Bonchev–Trinajstić information content (AvgIpc) is 2.82. The third kappa shape index (κ3) is 3.65. The van der Waals surface area contributed by atoms with Crippen molar-refractivity contribution in [1.29, 1.82) is 0 Å². The van der Waals surface area contributed by atoms with Gasteiger partial charge in [0, 0.05) is 24.8 Å². The highest BCUT2D eigenvalue weighted by Gasteiger charge is 2.36. The van der Waals surface area contributed by atoms with E-state index < -0.39 is 11.9 Å². The van der Waals surface area contributed by atoms with Gasteiger partial charge in [-0.2, -0.15) is 0 Å². The minimum Gasteiger partial charge on any atom is -0.494 e. The van der Waals surface area contributed by atoms with Gasteiger partial charge in [0.15, 0.2) is 0 Å². The largest absolute Gasteiger partial charge is 0.494 e. The molecule has 1 aromatic rings. The molecule has 1 aromatic carbocycles. The molecule has 0 radical (unpaired) electrons. The number of likely N-dealkylation sites (tertiary alicyclic amines) is 1. The van der Waals surface area contributed by atoms with Crippen LogP contribution in [0.4, 0.5) is 10.5 Å². The molecule has 1 fully saturated rings. The van der Waals surface area contributed by atoms with E-state index in [1.807, 2.05) is 19.9 Å². The minimum atomic E-state index is -0.851. The highest BCUT2D eigenvalue weighted by atomic mass is 16.5. The summed E-state index contributed by atoms with van der Waals surface area (Å²) in [6.07, 6.45) is 0. The zero-order valence-corrected chi connectivity index (χ0v) is 12.2. The van der Waals surface area contributed by atoms with E-state index in [1.165, 1.54) is 4.90 Å². The van der Waals surface area contributed by atoms with Crippen molar-refractivity contribution < 1.29 is 19.4 Å². The van der Waals surface area contributed by atoms with Gasteiger partial charge in [-0.15, -0.1) is 0 Å². The summed E-state index contributed by atoms with van der Waals surface area (Å²) in [7, 11) is 0. The Bertz CT molecular complexity index is 532. The molecular weight excluding hydrogens is 272 g/mol. The summed E-state index contributed by atoms with van der Waals surface area (Å²) in [6, 6.07) is 6.86. The van der Waals surface area contributed by atoms with E-state index in [9.17, 15) is 9.59 Å². The van der Waals surface area contributed by atoms with Crippen LogP contribution in [0.5, 0.6) is 5.75 Å². The molecule has 0 saturated carbocycles. The molecule has 1 heterocycles. The Hall–Kier alpha value is -2.24. The van der Waals surface area contributed by atoms with Crippen LogP contribution in [0.25, 0.3) is 0 Å². The first kappa shape index (κ1) is 15.2. The van der Waals surface area contributed by atoms with Gasteiger partial charge in [-0.3, -0.25) is 4.79 Å². The Balaban J connectivity index is 1.99. The normalized spacial score (nSPS) is 21.1. The fourth-order valence-electron chi connectivity index (χ4n) is 2.49. The number of carbonyl (C=O) groups is 2. The van der Waals surface area contributed by atoms with Gasteiger partial charge in [-0.1, -0.05) is 13.0 Å². The van der Waals surface area contributed by atoms with Gasteiger partial charge >= 0.3 is 12.0 Å². The fraction of sp³-hybridized carbons (Fsp3) is 0.467. The minimum absolute atomic E-state index is 0.0389. The Morgan fingerprint density at radius 3 is 2.81 bits per heavy atom. The Labute approximate surface area is 123 Å². The monoisotopic (exact) mass is 292 g/mol. The Kier molecular flexibility index (Phi) is 4.67. The predicted molar refractivity (Wildman–Crippen MR) is 78.5 cm³/mol. The standard InChI is InChI=1S/C15H20N2O4/c1-3-21-12-6-4-5-11(7-12)16-15(20)17-8-10(2)13(9-17)14(18)19/h4-7,10,13H,3,8-9H2,1-2H3,(H,16,20)(H,18,19)/t10-,13-/m1/s1.